The highest BCUT2D eigenvalue weighted by molar-refractivity contribution is 7.89. The lowest BCUT2D eigenvalue weighted by Crippen LogP contribution is -2.44. The third kappa shape index (κ3) is 4.21. The molecule has 2 aromatic carbocycles. The molecule has 0 amide bonds. The van der Waals surface area contributed by atoms with Crippen LogP contribution in [0.1, 0.15) is 42.0 Å². The van der Waals surface area contributed by atoms with Crippen molar-refractivity contribution in [2.24, 2.45) is 5.92 Å². The highest BCUT2D eigenvalue weighted by Gasteiger charge is 2.36. The van der Waals surface area contributed by atoms with Crippen LogP contribution in [0, 0.1) is 24.2 Å². The Morgan fingerprint density at radius 1 is 1.07 bits per heavy atom. The number of nitrogens with zero attached hydrogens (tertiary/aromatic N) is 2. The molecule has 2 aliphatic heterocycles. The number of benzene rings is 2. The molecule has 0 bridgehead atoms. The van der Waals surface area contributed by atoms with E-state index in [1.807, 2.05) is 6.07 Å². The summed E-state index contributed by atoms with van der Waals surface area (Å²) in [5.74, 6) is 0.439. The van der Waals surface area contributed by atoms with Gasteiger partial charge in [-0.25, -0.2) is 8.42 Å². The molecular weight excluding hydrogens is 384 g/mol. The average Bonchev–Trinajstić information content (AvgIpc) is 3.24. The summed E-state index contributed by atoms with van der Waals surface area (Å²) >= 11 is 0. The van der Waals surface area contributed by atoms with Crippen LogP contribution in [0.4, 0.5) is 0 Å². The van der Waals surface area contributed by atoms with Gasteiger partial charge >= 0.3 is 0 Å². The monoisotopic (exact) mass is 410 g/mol. The van der Waals surface area contributed by atoms with Gasteiger partial charge in [0.05, 0.1) is 16.5 Å². The maximum absolute atomic E-state index is 12.9. The molecule has 2 fully saturated rings. The van der Waals surface area contributed by atoms with Gasteiger partial charge < -0.3 is 0 Å². The summed E-state index contributed by atoms with van der Waals surface area (Å²) in [7, 11) is -3.55. The zero-order valence-electron chi connectivity index (χ0n) is 16.5. The lowest BCUT2D eigenvalue weighted by atomic mass is 9.87. The fourth-order valence-electron chi connectivity index (χ4n) is 4.39. The average molecular weight is 411 g/mol. The Kier molecular flexibility index (Phi) is 5.70. The lowest BCUT2D eigenvalue weighted by molar-refractivity contribution is 0.230. The predicted molar refractivity (Wildman–Crippen MR) is 111 cm³/mol. The number of piperidine rings is 1. The van der Waals surface area contributed by atoms with Crippen LogP contribution >= 0.6 is 0 Å². The lowest BCUT2D eigenvalue weighted by Gasteiger charge is -2.34. The minimum absolute atomic E-state index is 0.204. The predicted octanol–water partition coefficient (Wildman–Crippen LogP) is 2.88. The molecule has 2 unspecified atom stereocenters. The van der Waals surface area contributed by atoms with E-state index >= 15 is 0 Å². The fourth-order valence-corrected chi connectivity index (χ4v) is 5.91. The van der Waals surface area contributed by atoms with Crippen LogP contribution in [0.3, 0.4) is 0 Å². The number of rotatable bonds is 4. The molecule has 2 atom stereocenters. The minimum atomic E-state index is -3.55. The van der Waals surface area contributed by atoms with Crippen molar-refractivity contribution in [2.75, 3.05) is 13.1 Å². The molecule has 29 heavy (non-hydrogen) atoms. The van der Waals surface area contributed by atoms with E-state index in [0.717, 1.165) is 19.3 Å². The number of nitriles is 1. The molecule has 2 aliphatic rings. The number of hydrogen-bond acceptors (Lipinski definition) is 5. The third-order valence-electron chi connectivity index (χ3n) is 6.05. The van der Waals surface area contributed by atoms with E-state index in [9.17, 15) is 8.42 Å². The van der Waals surface area contributed by atoms with Gasteiger partial charge in [-0.05, 0) is 55.9 Å². The highest BCUT2D eigenvalue weighted by Crippen LogP contribution is 2.32. The van der Waals surface area contributed by atoms with Crippen LogP contribution < -0.4 is 10.9 Å². The number of hydrazine groups is 1. The molecule has 2 N–H and O–H groups in total. The Bertz CT molecular complexity index is 1020. The second-order valence-electron chi connectivity index (χ2n) is 7.98. The molecule has 0 radical (unpaired) electrons. The van der Waals surface area contributed by atoms with Crippen LogP contribution in [-0.4, -0.2) is 31.9 Å². The van der Waals surface area contributed by atoms with Gasteiger partial charge in [-0.15, -0.1) is 0 Å². The summed E-state index contributed by atoms with van der Waals surface area (Å²) in [6, 6.07) is 17.5. The van der Waals surface area contributed by atoms with Gasteiger partial charge in [0.25, 0.3) is 0 Å². The molecule has 0 saturated carbocycles. The summed E-state index contributed by atoms with van der Waals surface area (Å²) in [5.41, 5.74) is 9.77. The quantitative estimate of drug-likeness (QED) is 0.810. The van der Waals surface area contributed by atoms with Crippen molar-refractivity contribution in [2.45, 2.75) is 43.2 Å². The first-order valence-corrected chi connectivity index (χ1v) is 11.5. The first-order valence-electron chi connectivity index (χ1n) is 10.1. The van der Waals surface area contributed by atoms with Crippen molar-refractivity contribution < 1.29 is 8.42 Å². The molecule has 2 heterocycles. The second-order valence-corrected chi connectivity index (χ2v) is 9.92. The first kappa shape index (κ1) is 20.0. The molecule has 2 aromatic rings. The molecule has 2 saturated heterocycles. The van der Waals surface area contributed by atoms with Gasteiger partial charge in [-0.3, -0.25) is 10.9 Å². The SMILES string of the molecule is Cc1cccc(C2CC(C3CCN(S(=O)(=O)c4cccc(C#N)c4)CC3)NN2)c1. The van der Waals surface area contributed by atoms with Crippen molar-refractivity contribution in [3.63, 3.8) is 0 Å². The van der Waals surface area contributed by atoms with Gasteiger partial charge in [-0.1, -0.05) is 35.9 Å². The molecule has 4 rings (SSSR count). The van der Waals surface area contributed by atoms with Crippen LogP contribution in [0.2, 0.25) is 0 Å². The van der Waals surface area contributed by atoms with Crippen molar-refractivity contribution in [1.29, 1.82) is 5.26 Å². The molecule has 0 aliphatic carbocycles. The molecule has 0 aromatic heterocycles. The van der Waals surface area contributed by atoms with E-state index in [-0.39, 0.29) is 10.9 Å². The van der Waals surface area contributed by atoms with Gasteiger partial charge in [0.15, 0.2) is 0 Å². The smallest absolute Gasteiger partial charge is 0.243 e. The zero-order valence-corrected chi connectivity index (χ0v) is 17.3. The number of hydrogen-bond donors (Lipinski definition) is 2. The van der Waals surface area contributed by atoms with Crippen LogP contribution in [0.25, 0.3) is 0 Å². The maximum Gasteiger partial charge on any atom is 0.243 e. The molecule has 152 valence electrons. The standard InChI is InChI=1S/C22H26N4O2S/c1-16-4-2-6-19(12-16)22-14-21(24-25-22)18-8-10-26(11-9-18)29(27,28)20-7-3-5-17(13-20)15-23/h2-7,12-13,18,21-22,24-25H,8-11,14H2,1H3. The summed E-state index contributed by atoms with van der Waals surface area (Å²) in [4.78, 5) is 0.204. The van der Waals surface area contributed by atoms with Gasteiger partial charge in [-0.2, -0.15) is 9.57 Å². The van der Waals surface area contributed by atoms with Gasteiger partial charge in [0.2, 0.25) is 10.0 Å². The number of sulfonamides is 1. The first-order chi connectivity index (χ1) is 14.0. The van der Waals surface area contributed by atoms with Gasteiger partial charge in [0.1, 0.15) is 0 Å². The van der Waals surface area contributed by atoms with Crippen molar-refractivity contribution in [3.05, 3.63) is 65.2 Å². The van der Waals surface area contributed by atoms with E-state index in [1.54, 1.807) is 22.5 Å². The largest absolute Gasteiger partial charge is 0.254 e. The Hall–Kier alpha value is -2.24. The fraction of sp³-hybridized carbons (Fsp3) is 0.409. The van der Waals surface area contributed by atoms with Crippen LogP contribution in [-0.2, 0) is 10.0 Å². The molecule has 0 spiro atoms. The summed E-state index contributed by atoms with van der Waals surface area (Å²) in [6.07, 6.45) is 2.67. The number of nitrogens with one attached hydrogen (secondary N) is 2. The van der Waals surface area contributed by atoms with Crippen LogP contribution in [0.5, 0.6) is 0 Å². The summed E-state index contributed by atoms with van der Waals surface area (Å²) in [5, 5.41) is 9.04. The van der Waals surface area contributed by atoms with E-state index < -0.39 is 10.0 Å². The Balaban J connectivity index is 1.38. The van der Waals surface area contributed by atoms with E-state index in [1.165, 1.54) is 17.2 Å². The van der Waals surface area contributed by atoms with E-state index in [0.29, 0.717) is 30.6 Å². The molecule has 6 nitrogen and oxygen atoms in total. The molecule has 7 heteroatoms. The van der Waals surface area contributed by atoms with Crippen molar-refractivity contribution in [1.82, 2.24) is 15.2 Å². The zero-order chi connectivity index (χ0) is 20.4. The van der Waals surface area contributed by atoms with E-state index in [4.69, 9.17) is 5.26 Å². The van der Waals surface area contributed by atoms with Crippen molar-refractivity contribution >= 4 is 10.0 Å². The topological polar surface area (TPSA) is 85.2 Å². The normalized spacial score (nSPS) is 23.7. The third-order valence-corrected chi connectivity index (χ3v) is 7.94. The van der Waals surface area contributed by atoms with E-state index in [2.05, 4.69) is 42.0 Å². The number of aryl methyl sites for hydroxylation is 1. The Labute approximate surface area is 172 Å². The maximum atomic E-state index is 12.9. The summed E-state index contributed by atoms with van der Waals surface area (Å²) < 4.78 is 27.4. The Morgan fingerprint density at radius 2 is 1.83 bits per heavy atom. The molecular formula is C22H26N4O2S. The highest BCUT2D eigenvalue weighted by atomic mass is 32.2. The second kappa shape index (κ2) is 8.25. The Morgan fingerprint density at radius 3 is 2.55 bits per heavy atom. The van der Waals surface area contributed by atoms with Crippen molar-refractivity contribution in [3.8, 4) is 6.07 Å². The minimum Gasteiger partial charge on any atom is -0.254 e. The van der Waals surface area contributed by atoms with Gasteiger partial charge in [0, 0.05) is 25.2 Å². The summed E-state index contributed by atoms with van der Waals surface area (Å²) in [6.45, 7) is 3.12. The van der Waals surface area contributed by atoms with Crippen LogP contribution in [0.15, 0.2) is 53.4 Å².